The van der Waals surface area contributed by atoms with Gasteiger partial charge in [-0.1, -0.05) is 46.3 Å². The average Bonchev–Trinajstić information content (AvgIpc) is 0.750. The topological polar surface area (TPSA) is 470 Å². The Labute approximate surface area is 495 Å². The van der Waals surface area contributed by atoms with Gasteiger partial charge in [0.1, 0.15) is 84.3 Å². The summed E-state index contributed by atoms with van der Waals surface area (Å²) in [6.07, 6.45) is -35.2. The third-order valence-corrected chi connectivity index (χ3v) is 22.6. The van der Waals surface area contributed by atoms with Crippen LogP contribution in [-0.4, -0.2) is 285 Å². The van der Waals surface area contributed by atoms with E-state index in [1.807, 2.05) is 6.92 Å². The van der Waals surface area contributed by atoms with E-state index in [4.69, 9.17) is 47.4 Å². The van der Waals surface area contributed by atoms with Gasteiger partial charge in [-0.25, -0.2) is 4.79 Å². The number of esters is 1. The van der Waals surface area contributed by atoms with Gasteiger partial charge >= 0.3 is 11.9 Å². The molecule has 0 unspecified atom stereocenters. The Balaban J connectivity index is 0.866. The summed E-state index contributed by atoms with van der Waals surface area (Å²) < 4.78 is 58.1. The first-order chi connectivity index (χ1) is 40.2. The molecule has 10 aliphatic rings. The van der Waals surface area contributed by atoms with E-state index in [9.17, 15) is 91.6 Å². The summed E-state index contributed by atoms with van der Waals surface area (Å²) in [6, 6.07) is 0. The van der Waals surface area contributed by atoms with Crippen molar-refractivity contribution >= 4 is 11.9 Å². The van der Waals surface area contributed by atoms with Crippen LogP contribution in [0.2, 0.25) is 0 Å². The highest BCUT2D eigenvalue weighted by atomic mass is 16.8. The first kappa shape index (κ1) is 66.6. The predicted octanol–water partition coefficient (Wildman–Crippen LogP) is -5.29. The second-order valence-electron chi connectivity index (χ2n) is 27.9. The van der Waals surface area contributed by atoms with Gasteiger partial charge in [0.25, 0.3) is 0 Å². The lowest BCUT2D eigenvalue weighted by Gasteiger charge is -2.72. The molecule has 10 rings (SSSR count). The molecule has 17 N–H and O–H groups in total. The molecule has 0 bridgehead atoms. The van der Waals surface area contributed by atoms with Crippen LogP contribution >= 0.6 is 0 Å². The van der Waals surface area contributed by atoms with Gasteiger partial charge in [0, 0.05) is 5.41 Å². The number of carbonyl (C=O) groups is 2. The summed E-state index contributed by atoms with van der Waals surface area (Å²) in [6.45, 7) is 7.83. The zero-order chi connectivity index (χ0) is 62.9. The SMILES string of the molecule is C[C@@H]1O[C@@H](O[C@@H]2[C@@H](OC(=O)[C@]34CCC(C)(C)C[C@H]3C3=CC[C@@H]5[C@@]6(C)C[C@H](O)[C@H](O[C@@H]7O[C@H](C(=O)O)[C@@H](O)[C@H](O)[C@H]7O)C(CO)(CO)[C@@H]6CC[C@@]5(C)[C@]3(C)C[C@H]4O)OC[C@@H](O)[C@H]2O)[C@H](O)[C@H](O)[C@H]1O[C@@H]1OC[C@@H](O)[C@H](O[C@@H]2OC[C@](O)(CO)[C@H]2O)[C@H]1O. The second-order valence-corrected chi connectivity index (χ2v) is 27.9. The summed E-state index contributed by atoms with van der Waals surface area (Å²) in [5.74, 6) is -4.06. The van der Waals surface area contributed by atoms with Gasteiger partial charge in [-0.15, -0.1) is 0 Å². The number of rotatable bonds is 14. The molecular formula is C57H90O29. The van der Waals surface area contributed by atoms with Crippen molar-refractivity contribution in [1.82, 2.24) is 0 Å². The number of aliphatic hydroxyl groups excluding tert-OH is 15. The van der Waals surface area contributed by atoms with E-state index in [1.54, 1.807) is 0 Å². The fraction of sp³-hybridized carbons (Fsp3) is 0.930. The molecule has 0 aromatic rings. The summed E-state index contributed by atoms with van der Waals surface area (Å²) in [5.41, 5.74) is -7.17. The van der Waals surface area contributed by atoms with Gasteiger partial charge in [-0.05, 0) is 97.7 Å². The van der Waals surface area contributed by atoms with Crippen LogP contribution in [0.15, 0.2) is 11.6 Å². The highest BCUT2D eigenvalue weighted by Crippen LogP contribution is 2.76. The Morgan fingerprint density at radius 3 is 1.88 bits per heavy atom. The monoisotopic (exact) mass is 1240 g/mol. The number of aliphatic carboxylic acids is 1. The van der Waals surface area contributed by atoms with Gasteiger partial charge in [-0.2, -0.15) is 0 Å². The molecular weight excluding hydrogens is 1150 g/mol. The van der Waals surface area contributed by atoms with Crippen LogP contribution in [0.3, 0.4) is 0 Å². The zero-order valence-electron chi connectivity index (χ0n) is 49.0. The minimum atomic E-state index is -2.08. The van der Waals surface area contributed by atoms with Crippen LogP contribution in [0.4, 0.5) is 0 Å². The second kappa shape index (κ2) is 24.0. The Bertz CT molecular complexity index is 2470. The van der Waals surface area contributed by atoms with Crippen molar-refractivity contribution in [2.75, 3.05) is 39.6 Å². The maximum atomic E-state index is 15.4. The lowest BCUT2D eigenvalue weighted by Crippen LogP contribution is -2.72. The zero-order valence-corrected chi connectivity index (χ0v) is 49.0. The van der Waals surface area contributed by atoms with Gasteiger partial charge in [0.05, 0.1) is 64.1 Å². The van der Waals surface area contributed by atoms with E-state index in [0.29, 0.717) is 32.1 Å². The number of hydrogen-bond acceptors (Lipinski definition) is 28. The molecule has 5 saturated heterocycles. The lowest BCUT2D eigenvalue weighted by molar-refractivity contribution is -0.372. The molecule has 4 saturated carbocycles. The minimum absolute atomic E-state index is 0.0302. The number of aliphatic hydroxyl groups is 16. The van der Waals surface area contributed by atoms with Gasteiger partial charge < -0.3 is 134 Å². The standard InChI is InChI=1S/C57H90O29/c1-22-38(81-45-37(71)39(27(63)17-77-45)82-49-42(72)56(76,20-60)21-79-49)34(68)36(70)46(80-22)84-41-31(65)26(62)16-78-48(41)86-50(75)57-12-11-51(2,3)13-24(57)23-7-8-28-52(4)14-25(61)43(85-47-35(69)32(66)33(67)40(83-47)44(73)74)55(18-58,19-59)29(52)9-10-53(28,5)54(23,6)15-30(57)64/h7,22,24-43,45-49,58-72,76H,8-21H2,1-6H3,(H,73,74)/t22-,24-,25-,26+,27+,28+,29+,30+,31+,32-,33-,34-,35+,36+,37+,38-,39-,40-,41-,42-,43-,45-,46-,47-,48+,49-,52+,53+,54+,56+,57+/m0/s1. The maximum absolute atomic E-state index is 15.4. The smallest absolute Gasteiger partial charge is 0.335 e. The predicted molar refractivity (Wildman–Crippen MR) is 282 cm³/mol. The van der Waals surface area contributed by atoms with E-state index >= 15 is 4.79 Å². The normalized spacial score (nSPS) is 53.4. The summed E-state index contributed by atoms with van der Waals surface area (Å²) in [4.78, 5) is 27.4. The van der Waals surface area contributed by atoms with Crippen molar-refractivity contribution in [3.63, 3.8) is 0 Å². The van der Waals surface area contributed by atoms with Crippen LogP contribution in [0.1, 0.15) is 92.9 Å². The molecule has 0 aromatic carbocycles. The largest absolute Gasteiger partial charge is 0.479 e. The van der Waals surface area contributed by atoms with E-state index in [2.05, 4.69) is 33.8 Å². The molecule has 5 aliphatic carbocycles. The maximum Gasteiger partial charge on any atom is 0.335 e. The number of hydrogen-bond donors (Lipinski definition) is 17. The van der Waals surface area contributed by atoms with Crippen molar-refractivity contribution in [2.24, 2.45) is 50.2 Å². The molecule has 29 nitrogen and oxygen atoms in total. The van der Waals surface area contributed by atoms with Crippen molar-refractivity contribution in [3.05, 3.63) is 11.6 Å². The van der Waals surface area contributed by atoms with Gasteiger partial charge in [0.2, 0.25) is 6.29 Å². The molecule has 5 aliphatic heterocycles. The molecule has 31 atom stereocenters. The average molecular weight is 1240 g/mol. The highest BCUT2D eigenvalue weighted by molar-refractivity contribution is 5.80. The summed E-state index contributed by atoms with van der Waals surface area (Å²) in [7, 11) is 0. The molecule has 86 heavy (non-hydrogen) atoms. The van der Waals surface area contributed by atoms with Crippen LogP contribution in [-0.2, 0) is 57.0 Å². The summed E-state index contributed by atoms with van der Waals surface area (Å²) in [5, 5.41) is 188. The first-order valence-electron chi connectivity index (χ1n) is 29.9. The number of carbonyl (C=O) groups excluding carboxylic acids is 1. The Hall–Kier alpha value is -2.32. The highest BCUT2D eigenvalue weighted by Gasteiger charge is 2.74. The third-order valence-electron chi connectivity index (χ3n) is 22.6. The molecule has 0 radical (unpaired) electrons. The molecule has 0 aromatic heterocycles. The molecule has 9 fully saturated rings. The number of carboxylic acid groups (broad SMARTS) is 1. The lowest BCUT2D eigenvalue weighted by atomic mass is 9.33. The fourth-order valence-electron chi connectivity index (χ4n) is 17.4. The molecule has 5 heterocycles. The van der Waals surface area contributed by atoms with Crippen molar-refractivity contribution in [3.8, 4) is 0 Å². The fourth-order valence-corrected chi connectivity index (χ4v) is 17.4. The number of carboxylic acids is 1. The van der Waals surface area contributed by atoms with E-state index in [-0.39, 0.29) is 30.6 Å². The quantitative estimate of drug-likeness (QED) is 0.0439. The number of allylic oxidation sites excluding steroid dienone is 2. The first-order valence-corrected chi connectivity index (χ1v) is 29.9. The van der Waals surface area contributed by atoms with Crippen molar-refractivity contribution in [1.29, 1.82) is 0 Å². The van der Waals surface area contributed by atoms with Gasteiger partial charge in [-0.3, -0.25) is 4.79 Å². The Morgan fingerprint density at radius 2 is 1.23 bits per heavy atom. The van der Waals surface area contributed by atoms with Crippen LogP contribution in [0.25, 0.3) is 0 Å². The van der Waals surface area contributed by atoms with Crippen LogP contribution in [0.5, 0.6) is 0 Å². The van der Waals surface area contributed by atoms with Gasteiger partial charge in [0.15, 0.2) is 37.4 Å². The van der Waals surface area contributed by atoms with E-state index in [1.165, 1.54) is 6.92 Å². The Morgan fingerprint density at radius 1 is 0.605 bits per heavy atom. The number of ether oxygens (including phenoxy) is 10. The van der Waals surface area contributed by atoms with E-state index < -0.39 is 237 Å². The minimum Gasteiger partial charge on any atom is -0.479 e. The van der Waals surface area contributed by atoms with Crippen LogP contribution < -0.4 is 0 Å². The Kier molecular flexibility index (Phi) is 18.6. The molecule has 0 amide bonds. The van der Waals surface area contributed by atoms with E-state index in [0.717, 1.165) is 5.57 Å². The third kappa shape index (κ3) is 10.5. The van der Waals surface area contributed by atoms with Crippen molar-refractivity contribution in [2.45, 2.75) is 240 Å². The molecule has 29 heteroatoms. The number of fused-ring (bicyclic) bond motifs is 7. The summed E-state index contributed by atoms with van der Waals surface area (Å²) >= 11 is 0. The van der Waals surface area contributed by atoms with Crippen LogP contribution in [0, 0.1) is 50.2 Å². The van der Waals surface area contributed by atoms with Crippen molar-refractivity contribution < 1.29 is 144 Å². The molecule has 0 spiro atoms. The molecule has 492 valence electrons.